The van der Waals surface area contributed by atoms with Crippen LogP contribution in [0.3, 0.4) is 0 Å². The standard InChI is InChI=1S/C19H30O3S/c1-4-8-17-10-12-18(13-11-17)15-19(20)9-6-5-7-14-23(21,22)16(2)3/h10-13,16H,4-9,14-15H2,1-3H3. The van der Waals surface area contributed by atoms with Crippen molar-refractivity contribution in [2.75, 3.05) is 5.75 Å². The zero-order valence-corrected chi connectivity index (χ0v) is 15.5. The number of benzene rings is 1. The number of aryl methyl sites for hydroxylation is 1. The maximum Gasteiger partial charge on any atom is 0.152 e. The van der Waals surface area contributed by atoms with Crippen molar-refractivity contribution in [1.82, 2.24) is 0 Å². The van der Waals surface area contributed by atoms with Gasteiger partial charge in [-0.15, -0.1) is 0 Å². The van der Waals surface area contributed by atoms with Crippen LogP contribution in [0.2, 0.25) is 0 Å². The zero-order valence-electron chi connectivity index (χ0n) is 14.7. The molecule has 0 aliphatic carbocycles. The average Bonchev–Trinajstić information content (AvgIpc) is 2.49. The lowest BCUT2D eigenvalue weighted by Crippen LogP contribution is -2.17. The third kappa shape index (κ3) is 7.78. The van der Waals surface area contributed by atoms with E-state index in [9.17, 15) is 13.2 Å². The summed E-state index contributed by atoms with van der Waals surface area (Å²) >= 11 is 0. The van der Waals surface area contributed by atoms with Crippen molar-refractivity contribution in [3.63, 3.8) is 0 Å². The minimum Gasteiger partial charge on any atom is -0.299 e. The highest BCUT2D eigenvalue weighted by molar-refractivity contribution is 7.91. The quantitative estimate of drug-likeness (QED) is 0.570. The summed E-state index contributed by atoms with van der Waals surface area (Å²) < 4.78 is 23.4. The Morgan fingerprint density at radius 1 is 1.00 bits per heavy atom. The topological polar surface area (TPSA) is 51.2 Å². The highest BCUT2D eigenvalue weighted by Gasteiger charge is 2.15. The fourth-order valence-corrected chi connectivity index (χ4v) is 3.54. The van der Waals surface area contributed by atoms with Crippen molar-refractivity contribution in [3.8, 4) is 0 Å². The van der Waals surface area contributed by atoms with Crippen molar-refractivity contribution in [1.29, 1.82) is 0 Å². The molecule has 130 valence electrons. The molecule has 0 N–H and O–H groups in total. The lowest BCUT2D eigenvalue weighted by atomic mass is 10.0. The Morgan fingerprint density at radius 3 is 2.17 bits per heavy atom. The first-order valence-corrected chi connectivity index (χ1v) is 10.4. The molecule has 0 aliphatic rings. The lowest BCUT2D eigenvalue weighted by Gasteiger charge is -2.07. The van der Waals surface area contributed by atoms with Crippen molar-refractivity contribution in [3.05, 3.63) is 35.4 Å². The maximum atomic E-state index is 12.0. The number of sulfone groups is 1. The number of ketones is 1. The molecular formula is C19H30O3S. The summed E-state index contributed by atoms with van der Waals surface area (Å²) in [6, 6.07) is 8.28. The van der Waals surface area contributed by atoms with Crippen molar-refractivity contribution >= 4 is 15.6 Å². The van der Waals surface area contributed by atoms with E-state index in [-0.39, 0.29) is 16.8 Å². The first-order chi connectivity index (χ1) is 10.8. The fourth-order valence-electron chi connectivity index (χ4n) is 2.47. The van der Waals surface area contributed by atoms with Crippen molar-refractivity contribution < 1.29 is 13.2 Å². The third-order valence-corrected chi connectivity index (χ3v) is 6.36. The van der Waals surface area contributed by atoms with E-state index in [0.29, 0.717) is 19.3 Å². The molecule has 1 aromatic rings. The monoisotopic (exact) mass is 338 g/mol. The van der Waals surface area contributed by atoms with Crippen LogP contribution in [0.1, 0.15) is 64.0 Å². The Balaban J connectivity index is 2.24. The number of carbonyl (C=O) groups is 1. The van der Waals surface area contributed by atoms with E-state index in [2.05, 4.69) is 19.1 Å². The van der Waals surface area contributed by atoms with E-state index >= 15 is 0 Å². The predicted molar refractivity (Wildman–Crippen MR) is 96.5 cm³/mol. The largest absolute Gasteiger partial charge is 0.299 e. The number of Topliss-reactive ketones (excluding diaryl/α,β-unsaturated/α-hetero) is 1. The van der Waals surface area contributed by atoms with Gasteiger partial charge in [0.05, 0.1) is 11.0 Å². The summed E-state index contributed by atoms with van der Waals surface area (Å²) in [5.74, 6) is 0.470. The number of hydrogen-bond acceptors (Lipinski definition) is 3. The minimum absolute atomic E-state index is 0.234. The Morgan fingerprint density at radius 2 is 1.61 bits per heavy atom. The first-order valence-electron chi connectivity index (χ1n) is 8.66. The molecule has 0 bridgehead atoms. The second-order valence-corrected chi connectivity index (χ2v) is 9.19. The SMILES string of the molecule is CCCc1ccc(CC(=O)CCCCCS(=O)(=O)C(C)C)cc1. The van der Waals surface area contributed by atoms with E-state index in [0.717, 1.165) is 31.2 Å². The van der Waals surface area contributed by atoms with Gasteiger partial charge in [-0.1, -0.05) is 44.0 Å². The molecule has 3 nitrogen and oxygen atoms in total. The van der Waals surface area contributed by atoms with E-state index in [1.165, 1.54) is 5.56 Å². The van der Waals surface area contributed by atoms with Gasteiger partial charge in [-0.2, -0.15) is 0 Å². The van der Waals surface area contributed by atoms with Gasteiger partial charge in [-0.05, 0) is 44.2 Å². The molecule has 0 amide bonds. The molecule has 0 spiro atoms. The summed E-state index contributed by atoms with van der Waals surface area (Å²) in [6.07, 6.45) is 5.46. The van der Waals surface area contributed by atoms with Crippen LogP contribution in [0.25, 0.3) is 0 Å². The number of unbranched alkanes of at least 4 members (excludes halogenated alkanes) is 2. The summed E-state index contributed by atoms with van der Waals surface area (Å²) in [4.78, 5) is 12.0. The Bertz CT molecular complexity index is 571. The van der Waals surface area contributed by atoms with Crippen LogP contribution in [0.4, 0.5) is 0 Å². The van der Waals surface area contributed by atoms with Crippen LogP contribution >= 0.6 is 0 Å². The third-order valence-electron chi connectivity index (χ3n) is 4.07. The summed E-state index contributed by atoms with van der Waals surface area (Å²) in [5, 5.41) is -0.306. The lowest BCUT2D eigenvalue weighted by molar-refractivity contribution is -0.118. The number of carbonyl (C=O) groups excluding carboxylic acids is 1. The normalized spacial score (nSPS) is 11.8. The summed E-state index contributed by atoms with van der Waals surface area (Å²) in [6.45, 7) is 5.58. The molecule has 0 saturated carbocycles. The van der Waals surface area contributed by atoms with Gasteiger partial charge in [0.2, 0.25) is 0 Å². The molecule has 0 radical (unpaired) electrons. The van der Waals surface area contributed by atoms with Crippen LogP contribution in [0.15, 0.2) is 24.3 Å². The van der Waals surface area contributed by atoms with Gasteiger partial charge in [0.25, 0.3) is 0 Å². The Hall–Kier alpha value is -1.16. The van der Waals surface area contributed by atoms with Gasteiger partial charge in [-0.3, -0.25) is 4.79 Å². The summed E-state index contributed by atoms with van der Waals surface area (Å²) in [7, 11) is -2.94. The number of hydrogen-bond donors (Lipinski definition) is 0. The van der Waals surface area contributed by atoms with E-state index in [4.69, 9.17) is 0 Å². The minimum atomic E-state index is -2.94. The van der Waals surface area contributed by atoms with Gasteiger partial charge in [0.1, 0.15) is 5.78 Å². The van der Waals surface area contributed by atoms with E-state index in [1.54, 1.807) is 13.8 Å². The van der Waals surface area contributed by atoms with E-state index < -0.39 is 9.84 Å². The summed E-state index contributed by atoms with van der Waals surface area (Å²) in [5.41, 5.74) is 2.38. The van der Waals surface area contributed by atoms with Gasteiger partial charge in [-0.25, -0.2) is 8.42 Å². The second kappa shape index (κ2) is 9.86. The van der Waals surface area contributed by atoms with Crippen LogP contribution in [0.5, 0.6) is 0 Å². The highest BCUT2D eigenvalue weighted by Crippen LogP contribution is 2.11. The van der Waals surface area contributed by atoms with Crippen molar-refractivity contribution in [2.24, 2.45) is 0 Å². The van der Waals surface area contributed by atoms with Crippen LogP contribution in [0, 0.1) is 0 Å². The van der Waals surface area contributed by atoms with Crippen LogP contribution in [-0.4, -0.2) is 25.2 Å². The maximum absolute atomic E-state index is 12.0. The highest BCUT2D eigenvalue weighted by atomic mass is 32.2. The smallest absolute Gasteiger partial charge is 0.152 e. The van der Waals surface area contributed by atoms with Gasteiger partial charge >= 0.3 is 0 Å². The molecule has 0 aromatic heterocycles. The molecular weight excluding hydrogens is 308 g/mol. The molecule has 0 unspecified atom stereocenters. The molecule has 0 aliphatic heterocycles. The van der Waals surface area contributed by atoms with Gasteiger partial charge in [0.15, 0.2) is 9.84 Å². The molecule has 4 heteroatoms. The molecule has 23 heavy (non-hydrogen) atoms. The van der Waals surface area contributed by atoms with Crippen molar-refractivity contribution in [2.45, 2.75) is 71.0 Å². The molecule has 1 aromatic carbocycles. The predicted octanol–water partition coefficient (Wildman–Crippen LogP) is 4.13. The first kappa shape index (κ1) is 19.9. The number of rotatable bonds is 11. The fraction of sp³-hybridized carbons (Fsp3) is 0.632. The van der Waals surface area contributed by atoms with Crippen LogP contribution in [-0.2, 0) is 27.5 Å². The zero-order chi connectivity index (χ0) is 17.3. The Kier molecular flexibility index (Phi) is 8.53. The van der Waals surface area contributed by atoms with Crippen LogP contribution < -0.4 is 0 Å². The molecule has 0 saturated heterocycles. The molecule has 1 rings (SSSR count). The van der Waals surface area contributed by atoms with E-state index in [1.807, 2.05) is 12.1 Å². The molecule has 0 fully saturated rings. The second-order valence-electron chi connectivity index (χ2n) is 6.51. The van der Waals surface area contributed by atoms with Gasteiger partial charge < -0.3 is 0 Å². The van der Waals surface area contributed by atoms with Gasteiger partial charge in [0, 0.05) is 12.8 Å². The Labute approximate surface area is 141 Å². The average molecular weight is 339 g/mol. The molecule has 0 atom stereocenters. The molecule has 0 heterocycles.